The van der Waals surface area contributed by atoms with Crippen molar-refractivity contribution in [1.29, 1.82) is 0 Å². The number of benzene rings is 2. The van der Waals surface area contributed by atoms with Crippen molar-refractivity contribution >= 4 is 34.4 Å². The lowest BCUT2D eigenvalue weighted by Gasteiger charge is -2.15. The van der Waals surface area contributed by atoms with E-state index in [0.29, 0.717) is 40.1 Å². The van der Waals surface area contributed by atoms with Gasteiger partial charge in [-0.2, -0.15) is 0 Å². The monoisotopic (exact) mass is 425 g/mol. The number of rotatable bonds is 5. The van der Waals surface area contributed by atoms with E-state index in [2.05, 4.69) is 0 Å². The lowest BCUT2D eigenvalue weighted by Crippen LogP contribution is -2.23. The molecule has 1 fully saturated rings. The lowest BCUT2D eigenvalue weighted by atomic mass is 10.1. The topological polar surface area (TPSA) is 76.8 Å². The third-order valence-electron chi connectivity index (χ3n) is 5.20. The molecule has 0 bridgehead atoms. The fraction of sp³-hybridized carbons (Fsp3) is 0.261. The Morgan fingerprint density at radius 2 is 1.93 bits per heavy atom. The second kappa shape index (κ2) is 8.32. The van der Waals surface area contributed by atoms with Gasteiger partial charge in [0, 0.05) is 41.5 Å². The van der Waals surface area contributed by atoms with Crippen molar-refractivity contribution in [3.63, 3.8) is 0 Å². The highest BCUT2D eigenvalue weighted by atomic mass is 35.5. The molecule has 7 heteroatoms. The van der Waals surface area contributed by atoms with Gasteiger partial charge in [0.05, 0.1) is 5.56 Å². The van der Waals surface area contributed by atoms with Gasteiger partial charge in [-0.1, -0.05) is 23.7 Å². The van der Waals surface area contributed by atoms with Crippen LogP contribution in [0, 0.1) is 6.92 Å². The van der Waals surface area contributed by atoms with Crippen LogP contribution >= 0.6 is 11.6 Å². The number of amides is 1. The third-order valence-corrected chi connectivity index (χ3v) is 5.61. The summed E-state index contributed by atoms with van der Waals surface area (Å²) < 4.78 is 10.6. The van der Waals surface area contributed by atoms with Crippen LogP contribution in [0.15, 0.2) is 51.7 Å². The second-order valence-electron chi connectivity index (χ2n) is 7.38. The quantitative estimate of drug-likeness (QED) is 0.451. The molecular formula is C23H20ClNO5. The molecule has 0 saturated carbocycles. The first kappa shape index (κ1) is 20.2. The lowest BCUT2D eigenvalue weighted by molar-refractivity contribution is -0.128. The molecule has 0 N–H and O–H groups in total. The van der Waals surface area contributed by atoms with Crippen LogP contribution in [0.25, 0.3) is 11.0 Å². The van der Waals surface area contributed by atoms with E-state index in [1.165, 1.54) is 6.07 Å². The van der Waals surface area contributed by atoms with Crippen LogP contribution in [0.4, 0.5) is 0 Å². The molecule has 1 aliphatic rings. The van der Waals surface area contributed by atoms with Gasteiger partial charge in [-0.15, -0.1) is 0 Å². The molecule has 4 rings (SSSR count). The van der Waals surface area contributed by atoms with E-state index in [4.69, 9.17) is 20.8 Å². The van der Waals surface area contributed by atoms with Crippen molar-refractivity contribution in [2.45, 2.75) is 32.9 Å². The first-order chi connectivity index (χ1) is 14.4. The Bertz CT molecular complexity index is 1180. The van der Waals surface area contributed by atoms with Crippen LogP contribution in [-0.4, -0.2) is 23.3 Å². The minimum atomic E-state index is -0.518. The van der Waals surface area contributed by atoms with Gasteiger partial charge in [0.2, 0.25) is 5.91 Å². The summed E-state index contributed by atoms with van der Waals surface area (Å²) in [6.45, 7) is 3.05. The largest absolute Gasteiger partial charge is 0.457 e. The molecular weight excluding hydrogens is 406 g/mol. The highest BCUT2D eigenvalue weighted by Gasteiger charge is 2.20. The number of esters is 1. The van der Waals surface area contributed by atoms with E-state index < -0.39 is 11.6 Å². The number of carbonyl (C=O) groups is 2. The van der Waals surface area contributed by atoms with Gasteiger partial charge in [-0.3, -0.25) is 4.79 Å². The maximum Gasteiger partial charge on any atom is 0.338 e. The number of hydrogen-bond acceptors (Lipinski definition) is 5. The Kier molecular flexibility index (Phi) is 5.59. The third kappa shape index (κ3) is 4.24. The van der Waals surface area contributed by atoms with E-state index in [0.717, 1.165) is 24.1 Å². The number of nitrogens with zero attached hydrogens (tertiary/aromatic N) is 1. The molecule has 0 spiro atoms. The molecule has 1 amide bonds. The summed E-state index contributed by atoms with van der Waals surface area (Å²) in [6, 6.07) is 11.7. The molecule has 154 valence electrons. The van der Waals surface area contributed by atoms with E-state index in [-0.39, 0.29) is 12.5 Å². The standard InChI is InChI=1S/C23H20ClNO5/c1-14-9-20-18(11-19(14)24)17(10-22(27)30-20)13-29-23(28)16-6-4-15(5-7-16)12-25-8-2-3-21(25)26/h4-7,9-11H,2-3,8,12-13H2,1H3. The van der Waals surface area contributed by atoms with Crippen molar-refractivity contribution < 1.29 is 18.7 Å². The summed E-state index contributed by atoms with van der Waals surface area (Å²) in [5.41, 5.74) is 2.55. The molecule has 1 saturated heterocycles. The van der Waals surface area contributed by atoms with Crippen LogP contribution in [-0.2, 0) is 22.7 Å². The van der Waals surface area contributed by atoms with E-state index in [1.807, 2.05) is 24.0 Å². The zero-order chi connectivity index (χ0) is 21.3. The van der Waals surface area contributed by atoms with Crippen molar-refractivity contribution in [3.05, 3.63) is 80.2 Å². The number of ether oxygens (including phenoxy) is 1. The number of aryl methyl sites for hydroxylation is 1. The van der Waals surface area contributed by atoms with Crippen LogP contribution in [0.3, 0.4) is 0 Å². The molecule has 3 aromatic rings. The minimum Gasteiger partial charge on any atom is -0.457 e. The highest BCUT2D eigenvalue weighted by Crippen LogP contribution is 2.25. The highest BCUT2D eigenvalue weighted by molar-refractivity contribution is 6.32. The molecule has 0 unspecified atom stereocenters. The predicted molar refractivity (Wildman–Crippen MR) is 112 cm³/mol. The van der Waals surface area contributed by atoms with Crippen LogP contribution in [0.2, 0.25) is 5.02 Å². The first-order valence-corrected chi connectivity index (χ1v) is 10.1. The maximum absolute atomic E-state index is 12.5. The normalized spacial score (nSPS) is 13.8. The molecule has 0 radical (unpaired) electrons. The van der Waals surface area contributed by atoms with E-state index in [1.54, 1.807) is 24.3 Å². The Morgan fingerprint density at radius 1 is 1.17 bits per heavy atom. The van der Waals surface area contributed by atoms with E-state index >= 15 is 0 Å². The number of likely N-dealkylation sites (tertiary alicyclic amines) is 1. The summed E-state index contributed by atoms with van der Waals surface area (Å²) in [5, 5.41) is 1.17. The van der Waals surface area contributed by atoms with Crippen molar-refractivity contribution in [2.24, 2.45) is 0 Å². The van der Waals surface area contributed by atoms with Crippen molar-refractivity contribution in [3.8, 4) is 0 Å². The van der Waals surface area contributed by atoms with Gasteiger partial charge in [-0.05, 0) is 48.7 Å². The Hall–Kier alpha value is -3.12. The first-order valence-electron chi connectivity index (χ1n) is 9.67. The number of halogens is 1. The average molecular weight is 426 g/mol. The molecule has 1 aliphatic heterocycles. The maximum atomic E-state index is 12.5. The van der Waals surface area contributed by atoms with Gasteiger partial charge in [0.1, 0.15) is 12.2 Å². The van der Waals surface area contributed by atoms with Crippen LogP contribution in [0.1, 0.15) is 39.9 Å². The second-order valence-corrected chi connectivity index (χ2v) is 7.79. The number of fused-ring (bicyclic) bond motifs is 1. The molecule has 0 aliphatic carbocycles. The zero-order valence-corrected chi connectivity index (χ0v) is 17.2. The van der Waals surface area contributed by atoms with Crippen LogP contribution < -0.4 is 5.63 Å². The molecule has 2 heterocycles. The Labute approximate surface area is 178 Å². The number of carbonyl (C=O) groups excluding carboxylic acids is 2. The van der Waals surface area contributed by atoms with Gasteiger partial charge in [0.15, 0.2) is 0 Å². The summed E-state index contributed by atoms with van der Waals surface area (Å²) in [6.07, 6.45) is 1.49. The van der Waals surface area contributed by atoms with Gasteiger partial charge in [0.25, 0.3) is 0 Å². The average Bonchev–Trinajstić information content (AvgIpc) is 3.12. The SMILES string of the molecule is Cc1cc2oc(=O)cc(COC(=O)c3ccc(CN4CCCC4=O)cc3)c2cc1Cl. The molecule has 2 aromatic carbocycles. The van der Waals surface area contributed by atoms with Gasteiger partial charge >= 0.3 is 11.6 Å². The fourth-order valence-corrected chi connectivity index (χ4v) is 3.70. The van der Waals surface area contributed by atoms with Gasteiger partial charge in [-0.25, -0.2) is 9.59 Å². The molecule has 6 nitrogen and oxygen atoms in total. The van der Waals surface area contributed by atoms with Crippen molar-refractivity contribution in [2.75, 3.05) is 6.54 Å². The summed E-state index contributed by atoms with van der Waals surface area (Å²) in [7, 11) is 0. The van der Waals surface area contributed by atoms with Crippen LogP contribution in [0.5, 0.6) is 0 Å². The van der Waals surface area contributed by atoms with E-state index in [9.17, 15) is 14.4 Å². The molecule has 30 heavy (non-hydrogen) atoms. The number of hydrogen-bond donors (Lipinski definition) is 0. The molecule has 0 atom stereocenters. The van der Waals surface area contributed by atoms with Crippen molar-refractivity contribution in [1.82, 2.24) is 4.90 Å². The van der Waals surface area contributed by atoms with Gasteiger partial charge < -0.3 is 14.1 Å². The Balaban J connectivity index is 1.46. The smallest absolute Gasteiger partial charge is 0.338 e. The molecule has 1 aromatic heterocycles. The Morgan fingerprint density at radius 3 is 2.63 bits per heavy atom. The predicted octanol–water partition coefficient (Wildman–Crippen LogP) is 4.23. The summed E-state index contributed by atoms with van der Waals surface area (Å²) >= 11 is 6.19. The fourth-order valence-electron chi connectivity index (χ4n) is 3.53. The zero-order valence-electron chi connectivity index (χ0n) is 16.4. The minimum absolute atomic E-state index is 0.0790. The summed E-state index contributed by atoms with van der Waals surface area (Å²) in [4.78, 5) is 37.9. The summed E-state index contributed by atoms with van der Waals surface area (Å²) in [5.74, 6) is -0.341.